The van der Waals surface area contributed by atoms with Crippen molar-refractivity contribution < 1.29 is 49.0 Å². The highest BCUT2D eigenvalue weighted by Gasteiger charge is 2.47. The van der Waals surface area contributed by atoms with Crippen molar-refractivity contribution in [3.63, 3.8) is 0 Å². The second-order valence-corrected chi connectivity index (χ2v) is 11.9. The maximum Gasteiger partial charge on any atom is 0.271 e. The second-order valence-electron chi connectivity index (χ2n) is 11.9. The second kappa shape index (κ2) is 12.7. The number of H-pyrrole nitrogens is 1. The Balaban J connectivity index is 0.00000256. The number of alkyl halides is 6. The molecule has 252 valence electrons. The van der Waals surface area contributed by atoms with E-state index in [9.17, 15) is 35.9 Å². The zero-order valence-electron chi connectivity index (χ0n) is 24.4. The lowest BCUT2D eigenvalue weighted by Crippen LogP contribution is -2.51. The topological polar surface area (TPSA) is 179 Å². The average molecular weight is 652 g/mol. The van der Waals surface area contributed by atoms with E-state index < -0.39 is 98.1 Å². The number of piperidine rings is 1. The predicted octanol–water partition coefficient (Wildman–Crippen LogP) is 4.78. The molecule has 5 rings (SSSR count). The zero-order valence-corrected chi connectivity index (χ0v) is 24.4. The molecule has 2 aliphatic heterocycles. The fraction of sp³-hybridized carbons (Fsp3) is 0.643. The minimum atomic E-state index is -3.12. The summed E-state index contributed by atoms with van der Waals surface area (Å²) in [5.41, 5.74) is -0.389. The first-order valence-electron chi connectivity index (χ1n) is 14.4. The van der Waals surface area contributed by atoms with Gasteiger partial charge < -0.3 is 30.8 Å². The number of pyridine rings is 1. The van der Waals surface area contributed by atoms with Gasteiger partial charge >= 0.3 is 0 Å². The number of imidazole rings is 1. The van der Waals surface area contributed by atoms with Gasteiger partial charge in [-0.15, -0.1) is 0 Å². The van der Waals surface area contributed by atoms with Crippen LogP contribution < -0.4 is 5.32 Å². The summed E-state index contributed by atoms with van der Waals surface area (Å²) in [6.45, 7) is -0.00612. The molecule has 17 heteroatoms. The van der Waals surface area contributed by atoms with E-state index >= 15 is 0 Å². The van der Waals surface area contributed by atoms with Crippen molar-refractivity contribution in [2.45, 2.75) is 94.2 Å². The van der Waals surface area contributed by atoms with E-state index in [0.717, 1.165) is 0 Å². The van der Waals surface area contributed by atoms with Gasteiger partial charge in [-0.1, -0.05) is 0 Å². The number of carbonyl (C=O) groups is 2. The van der Waals surface area contributed by atoms with E-state index in [0.29, 0.717) is 5.52 Å². The van der Waals surface area contributed by atoms with Crippen molar-refractivity contribution in [3.05, 3.63) is 23.7 Å². The number of hydrogen-bond donors (Lipinski definition) is 4. The number of amides is 2. The van der Waals surface area contributed by atoms with E-state index in [1.807, 2.05) is 0 Å². The van der Waals surface area contributed by atoms with E-state index in [2.05, 4.69) is 20.3 Å². The number of nitrogens with one attached hydrogen (secondary N) is 4. The highest BCUT2D eigenvalue weighted by atomic mass is 19.3. The molecule has 11 nitrogen and oxygen atoms in total. The molecule has 1 saturated carbocycles. The number of halogens is 6. The average Bonchev–Trinajstić information content (AvgIpc) is 3.38. The van der Waals surface area contributed by atoms with Gasteiger partial charge in [0.05, 0.1) is 29.0 Å². The highest BCUT2D eigenvalue weighted by Crippen LogP contribution is 2.43. The Bertz CT molecular complexity index is 1460. The molecule has 2 aromatic heterocycles. The number of nitrogens with zero attached hydrogens (tertiary/aromatic N) is 3. The summed E-state index contributed by atoms with van der Waals surface area (Å²) in [6, 6.07) is 0.817. The summed E-state index contributed by atoms with van der Waals surface area (Å²) in [7, 11) is 0. The van der Waals surface area contributed by atoms with Crippen molar-refractivity contribution in [2.75, 3.05) is 13.2 Å². The van der Waals surface area contributed by atoms with Crippen molar-refractivity contribution in [1.29, 1.82) is 10.8 Å². The molecule has 3 fully saturated rings. The summed E-state index contributed by atoms with van der Waals surface area (Å²) < 4.78 is 89.3. The van der Waals surface area contributed by atoms with Gasteiger partial charge in [-0.3, -0.25) is 15.0 Å². The lowest BCUT2D eigenvalue weighted by atomic mass is 9.81. The van der Waals surface area contributed by atoms with Crippen LogP contribution in [-0.2, 0) is 14.3 Å². The van der Waals surface area contributed by atoms with Gasteiger partial charge in [-0.05, 0) is 44.2 Å². The van der Waals surface area contributed by atoms with Gasteiger partial charge in [0, 0.05) is 41.5 Å². The molecule has 4 heterocycles. The van der Waals surface area contributed by atoms with Crippen LogP contribution in [-0.4, -0.2) is 85.6 Å². The van der Waals surface area contributed by atoms with Crippen LogP contribution in [0.3, 0.4) is 0 Å². The molecule has 0 radical (unpaired) electrons. The van der Waals surface area contributed by atoms with Crippen LogP contribution in [0.2, 0.25) is 0 Å². The molecule has 3 aliphatic rings. The summed E-state index contributed by atoms with van der Waals surface area (Å²) in [4.78, 5) is 39.1. The van der Waals surface area contributed by atoms with E-state index in [-0.39, 0.29) is 57.0 Å². The first-order valence-corrected chi connectivity index (χ1v) is 14.4. The SMILES string of the molecule is CC(=N)C(=N)C(=O)N[C@H](c1nc2nc([C@@H]3CC(F)(F)CCN3C(=O)[C@@H]3CCC(F)(F)CO3)ccc2[nH]1)C1CCC(F)(F)CC1.O.[HH].[HH]. The van der Waals surface area contributed by atoms with Gasteiger partial charge in [-0.25, -0.2) is 36.3 Å². The van der Waals surface area contributed by atoms with Crippen LogP contribution in [0.25, 0.3) is 11.2 Å². The summed E-state index contributed by atoms with van der Waals surface area (Å²) in [5, 5.41) is 18.1. The molecule has 0 spiro atoms. The first kappa shape index (κ1) is 34.3. The molecule has 45 heavy (non-hydrogen) atoms. The molecule has 2 aromatic rings. The molecule has 6 N–H and O–H groups in total. The number of rotatable bonds is 7. The molecular formula is C28H39F6N7O4. The van der Waals surface area contributed by atoms with Gasteiger partial charge in [-0.2, -0.15) is 0 Å². The standard InChI is InChI=1S/C28H33F6N7O3.H2O.2H2/c1-14(35)20(36)24(42)39-21(15-4-7-26(29,30)8-5-15)23-38-17-3-2-16(37-22(17)40-23)18-12-27(31,32)10-11-41(18)25(43)19-6-9-28(33,34)13-44-19;;;/h2-3,15,18-19,21,35-36H,4-13H2,1H3,(H,39,42)(H,37,38,40);1H2;2*1H/t18-,19-,21-;;;/m0.../s1. The number of ether oxygens (including phenoxy) is 1. The molecule has 2 amide bonds. The summed E-state index contributed by atoms with van der Waals surface area (Å²) >= 11 is 0. The van der Waals surface area contributed by atoms with Crippen LogP contribution in [0, 0.1) is 16.7 Å². The van der Waals surface area contributed by atoms with Crippen molar-refractivity contribution in [3.8, 4) is 0 Å². The Labute approximate surface area is 256 Å². The monoisotopic (exact) mass is 651 g/mol. The number of hydrogen-bond acceptors (Lipinski definition) is 7. The Kier molecular flexibility index (Phi) is 9.64. The van der Waals surface area contributed by atoms with Gasteiger partial charge in [0.1, 0.15) is 24.2 Å². The largest absolute Gasteiger partial charge is 0.412 e. The first-order chi connectivity index (χ1) is 20.5. The van der Waals surface area contributed by atoms with Crippen molar-refractivity contribution in [1.82, 2.24) is 25.2 Å². The number of likely N-dealkylation sites (tertiary alicyclic amines) is 1. The Hall–Kier alpha value is -3.60. The highest BCUT2D eigenvalue weighted by molar-refractivity contribution is 6.64. The van der Waals surface area contributed by atoms with Crippen LogP contribution in [0.5, 0.6) is 0 Å². The van der Waals surface area contributed by atoms with Gasteiger partial charge in [0.25, 0.3) is 23.7 Å². The van der Waals surface area contributed by atoms with E-state index in [1.165, 1.54) is 24.0 Å². The molecule has 0 unspecified atom stereocenters. The minimum absolute atomic E-state index is 0. The van der Waals surface area contributed by atoms with Crippen LogP contribution >= 0.6 is 0 Å². The van der Waals surface area contributed by atoms with E-state index in [4.69, 9.17) is 15.6 Å². The van der Waals surface area contributed by atoms with Crippen LogP contribution in [0.1, 0.15) is 84.7 Å². The number of fused-ring (bicyclic) bond motifs is 1. The quantitative estimate of drug-likeness (QED) is 0.248. The minimum Gasteiger partial charge on any atom is -0.412 e. The summed E-state index contributed by atoms with van der Waals surface area (Å²) in [6.07, 6.45) is -4.09. The third-order valence-electron chi connectivity index (χ3n) is 8.56. The molecule has 0 aromatic carbocycles. The molecule has 3 atom stereocenters. The Morgan fingerprint density at radius 1 is 1.02 bits per heavy atom. The molecule has 2 saturated heterocycles. The molecule has 0 bridgehead atoms. The van der Waals surface area contributed by atoms with Gasteiger partial charge in [0.2, 0.25) is 5.92 Å². The van der Waals surface area contributed by atoms with E-state index in [1.54, 1.807) is 0 Å². The Morgan fingerprint density at radius 2 is 1.69 bits per heavy atom. The molecule has 1 aliphatic carbocycles. The fourth-order valence-electron chi connectivity index (χ4n) is 6.01. The van der Waals surface area contributed by atoms with Crippen molar-refractivity contribution >= 4 is 34.4 Å². The van der Waals surface area contributed by atoms with Crippen molar-refractivity contribution in [2.24, 2.45) is 5.92 Å². The molecular weight excluding hydrogens is 612 g/mol. The van der Waals surface area contributed by atoms with Crippen LogP contribution in [0.4, 0.5) is 26.3 Å². The lowest BCUT2D eigenvalue weighted by Gasteiger charge is -2.41. The smallest absolute Gasteiger partial charge is 0.271 e. The Morgan fingerprint density at radius 3 is 2.31 bits per heavy atom. The number of aromatic nitrogens is 3. The van der Waals surface area contributed by atoms with Gasteiger partial charge in [0.15, 0.2) is 5.65 Å². The fourth-order valence-corrected chi connectivity index (χ4v) is 6.01. The lowest BCUT2D eigenvalue weighted by molar-refractivity contribution is -0.177. The number of aromatic amines is 1. The predicted molar refractivity (Wildman–Crippen MR) is 153 cm³/mol. The van der Waals surface area contributed by atoms with Crippen LogP contribution in [0.15, 0.2) is 12.1 Å². The third kappa shape index (κ3) is 7.62. The zero-order chi connectivity index (χ0) is 32.0. The normalized spacial score (nSPS) is 25.2. The number of carbonyl (C=O) groups excluding carboxylic acids is 2. The maximum atomic E-state index is 14.6. The third-order valence-corrected chi connectivity index (χ3v) is 8.56. The summed E-state index contributed by atoms with van der Waals surface area (Å²) in [5.74, 6) is -10.9. The maximum absolute atomic E-state index is 14.6.